The Bertz CT molecular complexity index is 455. The molecule has 0 aromatic heterocycles. The molecule has 0 saturated heterocycles. The quantitative estimate of drug-likeness (QED) is 0.833. The molecule has 0 aliphatic heterocycles. The van der Waals surface area contributed by atoms with Crippen molar-refractivity contribution in [2.24, 2.45) is 5.73 Å². The van der Waals surface area contributed by atoms with Gasteiger partial charge in [0.1, 0.15) is 11.5 Å². The van der Waals surface area contributed by atoms with E-state index in [0.717, 1.165) is 17.1 Å². The molecule has 0 bridgehead atoms. The van der Waals surface area contributed by atoms with E-state index in [9.17, 15) is 4.79 Å². The molecule has 0 radical (unpaired) electrons. The highest BCUT2D eigenvalue weighted by molar-refractivity contribution is 5.74. The third-order valence-electron chi connectivity index (χ3n) is 2.76. The molecule has 4 heteroatoms. The topological polar surface area (TPSA) is 61.5 Å². The van der Waals surface area contributed by atoms with Gasteiger partial charge in [-0.25, -0.2) is 0 Å². The van der Waals surface area contributed by atoms with Gasteiger partial charge in [-0.15, -0.1) is 0 Å². The van der Waals surface area contributed by atoms with Crippen LogP contribution in [0, 0.1) is 0 Å². The first-order valence-corrected chi connectivity index (χ1v) is 7.05. The number of hydrogen-bond donors (Lipinski definition) is 1. The van der Waals surface area contributed by atoms with E-state index >= 15 is 0 Å². The Morgan fingerprint density at radius 2 is 1.70 bits per heavy atom. The van der Waals surface area contributed by atoms with Crippen molar-refractivity contribution in [1.29, 1.82) is 0 Å². The Labute approximate surface area is 121 Å². The third-order valence-corrected chi connectivity index (χ3v) is 2.76. The Hall–Kier alpha value is -1.71. The average Bonchev–Trinajstić information content (AvgIpc) is 2.26. The van der Waals surface area contributed by atoms with E-state index in [1.807, 2.05) is 52.8 Å². The number of carbonyl (C=O) groups is 1. The molecule has 1 unspecified atom stereocenters. The Morgan fingerprint density at radius 1 is 1.10 bits per heavy atom. The van der Waals surface area contributed by atoms with Crippen LogP contribution in [0.2, 0.25) is 0 Å². The zero-order valence-corrected chi connectivity index (χ0v) is 13.0. The minimum Gasteiger partial charge on any atom is -0.491 e. The summed E-state index contributed by atoms with van der Waals surface area (Å²) in [5, 5.41) is 0. The summed E-state index contributed by atoms with van der Waals surface area (Å²) in [6, 6.07) is 5.73. The number of benzene rings is 1. The SMILES string of the molecule is CC(C)Oc1ccc(C(C)CC(N)=O)c(OC(C)C)c1. The van der Waals surface area contributed by atoms with Crippen LogP contribution in [0.15, 0.2) is 18.2 Å². The average molecular weight is 279 g/mol. The lowest BCUT2D eigenvalue weighted by Gasteiger charge is -2.20. The van der Waals surface area contributed by atoms with Crippen molar-refractivity contribution in [1.82, 2.24) is 0 Å². The predicted octanol–water partition coefficient (Wildman–Crippen LogP) is 3.24. The van der Waals surface area contributed by atoms with Gasteiger partial charge >= 0.3 is 0 Å². The summed E-state index contributed by atoms with van der Waals surface area (Å²) in [7, 11) is 0. The second kappa shape index (κ2) is 7.17. The Balaban J connectivity index is 3.05. The molecule has 0 saturated carbocycles. The van der Waals surface area contributed by atoms with E-state index in [1.165, 1.54) is 0 Å². The molecule has 0 spiro atoms. The minimum absolute atomic E-state index is 0.0225. The van der Waals surface area contributed by atoms with E-state index in [-0.39, 0.29) is 24.0 Å². The molecule has 1 aromatic rings. The van der Waals surface area contributed by atoms with E-state index < -0.39 is 0 Å². The summed E-state index contributed by atoms with van der Waals surface area (Å²) in [6.07, 6.45) is 0.471. The molecular formula is C16H25NO3. The molecule has 1 amide bonds. The number of rotatable bonds is 7. The number of carbonyl (C=O) groups excluding carboxylic acids is 1. The molecule has 0 heterocycles. The fraction of sp³-hybridized carbons (Fsp3) is 0.562. The monoisotopic (exact) mass is 279 g/mol. The van der Waals surface area contributed by atoms with Crippen molar-refractivity contribution in [3.05, 3.63) is 23.8 Å². The maximum absolute atomic E-state index is 11.1. The zero-order chi connectivity index (χ0) is 15.3. The smallest absolute Gasteiger partial charge is 0.218 e. The van der Waals surface area contributed by atoms with Gasteiger partial charge in [-0.1, -0.05) is 13.0 Å². The molecular weight excluding hydrogens is 254 g/mol. The Morgan fingerprint density at radius 3 is 2.20 bits per heavy atom. The molecule has 0 aliphatic carbocycles. The highest BCUT2D eigenvalue weighted by Crippen LogP contribution is 2.33. The van der Waals surface area contributed by atoms with Crippen LogP contribution in [0.5, 0.6) is 11.5 Å². The molecule has 1 atom stereocenters. The summed E-state index contributed by atoms with van der Waals surface area (Å²) >= 11 is 0. The van der Waals surface area contributed by atoms with E-state index in [4.69, 9.17) is 15.2 Å². The van der Waals surface area contributed by atoms with Gasteiger partial charge in [0, 0.05) is 12.5 Å². The van der Waals surface area contributed by atoms with Gasteiger partial charge in [0.25, 0.3) is 0 Å². The van der Waals surface area contributed by atoms with Gasteiger partial charge in [0.15, 0.2) is 0 Å². The maximum atomic E-state index is 11.1. The highest BCUT2D eigenvalue weighted by atomic mass is 16.5. The predicted molar refractivity (Wildman–Crippen MR) is 80.2 cm³/mol. The van der Waals surface area contributed by atoms with Crippen molar-refractivity contribution in [3.63, 3.8) is 0 Å². The lowest BCUT2D eigenvalue weighted by molar-refractivity contribution is -0.118. The first-order chi connectivity index (χ1) is 9.29. The normalized spacial score (nSPS) is 12.6. The van der Waals surface area contributed by atoms with Crippen LogP contribution in [0.3, 0.4) is 0 Å². The van der Waals surface area contributed by atoms with Crippen molar-refractivity contribution >= 4 is 5.91 Å². The summed E-state index contributed by atoms with van der Waals surface area (Å²) < 4.78 is 11.5. The summed E-state index contributed by atoms with van der Waals surface area (Å²) in [4.78, 5) is 11.1. The second-order valence-electron chi connectivity index (χ2n) is 5.60. The van der Waals surface area contributed by atoms with Gasteiger partial charge in [-0.3, -0.25) is 4.79 Å². The minimum atomic E-state index is -0.310. The van der Waals surface area contributed by atoms with Crippen LogP contribution in [0.25, 0.3) is 0 Å². The second-order valence-corrected chi connectivity index (χ2v) is 5.60. The van der Waals surface area contributed by atoms with Gasteiger partial charge in [-0.05, 0) is 45.2 Å². The van der Waals surface area contributed by atoms with E-state index in [0.29, 0.717) is 6.42 Å². The lowest BCUT2D eigenvalue weighted by atomic mass is 9.96. The summed E-state index contributed by atoms with van der Waals surface area (Å²) in [6.45, 7) is 9.87. The Kier molecular flexibility index (Phi) is 5.86. The molecule has 0 aliphatic rings. The van der Waals surface area contributed by atoms with Crippen LogP contribution in [-0.2, 0) is 4.79 Å². The number of amides is 1. The van der Waals surface area contributed by atoms with Crippen molar-refractivity contribution in [3.8, 4) is 11.5 Å². The van der Waals surface area contributed by atoms with E-state index in [2.05, 4.69) is 0 Å². The first-order valence-electron chi connectivity index (χ1n) is 7.05. The van der Waals surface area contributed by atoms with E-state index in [1.54, 1.807) is 0 Å². The number of nitrogens with two attached hydrogens (primary N) is 1. The third kappa shape index (κ3) is 5.11. The molecule has 20 heavy (non-hydrogen) atoms. The number of hydrogen-bond acceptors (Lipinski definition) is 3. The maximum Gasteiger partial charge on any atom is 0.218 e. The van der Waals surface area contributed by atoms with Crippen LogP contribution < -0.4 is 15.2 Å². The van der Waals surface area contributed by atoms with Crippen LogP contribution in [0.1, 0.15) is 52.5 Å². The van der Waals surface area contributed by atoms with Crippen molar-refractivity contribution < 1.29 is 14.3 Å². The first kappa shape index (κ1) is 16.3. The summed E-state index contributed by atoms with van der Waals surface area (Å²) in [5.41, 5.74) is 6.25. The lowest BCUT2D eigenvalue weighted by Crippen LogP contribution is -2.15. The number of primary amides is 1. The molecule has 112 valence electrons. The van der Waals surface area contributed by atoms with Crippen molar-refractivity contribution in [2.45, 2.75) is 59.2 Å². The van der Waals surface area contributed by atoms with Gasteiger partial charge in [0.05, 0.1) is 12.2 Å². The largest absolute Gasteiger partial charge is 0.491 e. The van der Waals surface area contributed by atoms with Gasteiger partial charge < -0.3 is 15.2 Å². The zero-order valence-electron chi connectivity index (χ0n) is 13.0. The molecule has 4 nitrogen and oxygen atoms in total. The fourth-order valence-corrected chi connectivity index (χ4v) is 2.04. The van der Waals surface area contributed by atoms with Crippen LogP contribution in [-0.4, -0.2) is 18.1 Å². The number of ether oxygens (including phenoxy) is 2. The molecule has 1 rings (SSSR count). The van der Waals surface area contributed by atoms with Crippen LogP contribution in [0.4, 0.5) is 0 Å². The molecule has 0 fully saturated rings. The molecule has 1 aromatic carbocycles. The fourth-order valence-electron chi connectivity index (χ4n) is 2.04. The summed E-state index contributed by atoms with van der Waals surface area (Å²) in [5.74, 6) is 1.24. The van der Waals surface area contributed by atoms with Gasteiger partial charge in [-0.2, -0.15) is 0 Å². The van der Waals surface area contributed by atoms with Crippen molar-refractivity contribution in [2.75, 3.05) is 0 Å². The van der Waals surface area contributed by atoms with Crippen LogP contribution >= 0.6 is 0 Å². The van der Waals surface area contributed by atoms with Gasteiger partial charge in [0.2, 0.25) is 5.91 Å². The molecule has 2 N–H and O–H groups in total. The standard InChI is InChI=1S/C16H25NO3/c1-10(2)19-13-6-7-14(12(5)8-16(17)18)15(9-13)20-11(3)4/h6-7,9-12H,8H2,1-5H3,(H2,17,18). The highest BCUT2D eigenvalue weighted by Gasteiger charge is 2.16.